The summed E-state index contributed by atoms with van der Waals surface area (Å²) in [5, 5.41) is 0.886. The average molecular weight is 423 g/mol. The summed E-state index contributed by atoms with van der Waals surface area (Å²) in [6.07, 6.45) is 1.81. The van der Waals surface area contributed by atoms with Crippen molar-refractivity contribution in [2.75, 3.05) is 12.4 Å². The summed E-state index contributed by atoms with van der Waals surface area (Å²) >= 11 is 7.41. The highest BCUT2D eigenvalue weighted by Gasteiger charge is 2.19. The molecular formula is C20H17ClF2N2O2S. The van der Waals surface area contributed by atoms with E-state index in [4.69, 9.17) is 16.3 Å². The van der Waals surface area contributed by atoms with Crippen LogP contribution < -0.4 is 0 Å². The summed E-state index contributed by atoms with van der Waals surface area (Å²) in [4.78, 5) is 16.6. The van der Waals surface area contributed by atoms with E-state index in [9.17, 15) is 13.6 Å². The Balaban J connectivity index is 1.86. The largest absolute Gasteiger partial charge is 0.461 e. The van der Waals surface area contributed by atoms with Gasteiger partial charge in [-0.1, -0.05) is 29.4 Å². The zero-order chi connectivity index (χ0) is 20.1. The lowest BCUT2D eigenvalue weighted by Crippen LogP contribution is -2.11. The molecule has 0 bridgehead atoms. The number of carbonyl (C=O) groups excluding carboxylic acids is 1. The number of ether oxygens (including phenoxy) is 1. The molecule has 1 aromatic heterocycles. The van der Waals surface area contributed by atoms with Gasteiger partial charge in [0.15, 0.2) is 10.9 Å². The first-order valence-electron chi connectivity index (χ1n) is 8.57. The molecule has 0 amide bonds. The zero-order valence-electron chi connectivity index (χ0n) is 15.0. The van der Waals surface area contributed by atoms with Crippen molar-refractivity contribution < 1.29 is 18.3 Å². The molecule has 0 atom stereocenters. The molecule has 0 spiro atoms. The van der Waals surface area contributed by atoms with Gasteiger partial charge in [-0.3, -0.25) is 4.57 Å². The number of thioether (sulfide) groups is 1. The van der Waals surface area contributed by atoms with E-state index in [1.807, 2.05) is 0 Å². The Hall–Kier alpha value is -2.38. The minimum atomic E-state index is -0.525. The molecule has 0 unspecified atom stereocenters. The van der Waals surface area contributed by atoms with E-state index in [2.05, 4.69) is 4.98 Å². The van der Waals surface area contributed by atoms with Crippen molar-refractivity contribution in [2.24, 2.45) is 0 Å². The zero-order valence-corrected chi connectivity index (χ0v) is 16.6. The Morgan fingerprint density at radius 2 is 1.96 bits per heavy atom. The van der Waals surface area contributed by atoms with Gasteiger partial charge in [-0.2, -0.15) is 0 Å². The van der Waals surface area contributed by atoms with E-state index in [0.717, 1.165) is 0 Å². The van der Waals surface area contributed by atoms with Gasteiger partial charge in [-0.05, 0) is 49.7 Å². The van der Waals surface area contributed by atoms with Crippen LogP contribution in [-0.2, 0) is 11.2 Å². The summed E-state index contributed by atoms with van der Waals surface area (Å²) in [5.74, 6) is -0.781. The maximum Gasteiger partial charge on any atom is 0.357 e. The summed E-state index contributed by atoms with van der Waals surface area (Å²) < 4.78 is 33.9. The van der Waals surface area contributed by atoms with E-state index in [1.54, 1.807) is 35.8 Å². The Labute approximate surface area is 170 Å². The third-order valence-corrected chi connectivity index (χ3v) is 5.25. The van der Waals surface area contributed by atoms with Crippen LogP contribution in [0.3, 0.4) is 0 Å². The van der Waals surface area contributed by atoms with Gasteiger partial charge in [0.05, 0.1) is 12.8 Å². The van der Waals surface area contributed by atoms with Gasteiger partial charge >= 0.3 is 5.97 Å². The molecule has 28 heavy (non-hydrogen) atoms. The van der Waals surface area contributed by atoms with Crippen LogP contribution in [0.4, 0.5) is 8.78 Å². The second kappa shape index (κ2) is 9.21. The first-order valence-corrected chi connectivity index (χ1v) is 9.94. The predicted molar refractivity (Wildman–Crippen MR) is 105 cm³/mol. The average Bonchev–Trinajstić information content (AvgIpc) is 3.09. The van der Waals surface area contributed by atoms with Crippen molar-refractivity contribution >= 4 is 29.3 Å². The molecule has 0 fully saturated rings. The lowest BCUT2D eigenvalue weighted by Gasteiger charge is -2.11. The first-order chi connectivity index (χ1) is 13.5. The van der Waals surface area contributed by atoms with E-state index in [-0.39, 0.29) is 23.9 Å². The number of rotatable bonds is 7. The standard InChI is InChI=1S/C20H17ClF2N2O2S/c1-2-27-19(26)18-12-24-20(25(18)14-8-6-13(22)7-9-14)28-11-10-15-16(21)4-3-5-17(15)23/h3-9,12H,2,10-11H2,1H3. The molecule has 4 nitrogen and oxygen atoms in total. The Bertz CT molecular complexity index is 957. The fraction of sp³-hybridized carbons (Fsp3) is 0.200. The van der Waals surface area contributed by atoms with Crippen LogP contribution in [0.5, 0.6) is 0 Å². The number of halogens is 3. The Morgan fingerprint density at radius 1 is 1.21 bits per heavy atom. The predicted octanol–water partition coefficient (Wildman–Crippen LogP) is 5.32. The topological polar surface area (TPSA) is 44.1 Å². The summed E-state index contributed by atoms with van der Waals surface area (Å²) in [6.45, 7) is 1.94. The van der Waals surface area contributed by atoms with E-state index in [0.29, 0.717) is 33.6 Å². The fourth-order valence-electron chi connectivity index (χ4n) is 2.64. The molecule has 3 aromatic rings. The maximum absolute atomic E-state index is 13.9. The van der Waals surface area contributed by atoms with Crippen LogP contribution in [0.2, 0.25) is 5.02 Å². The molecule has 0 aliphatic carbocycles. The fourth-order valence-corrected chi connectivity index (χ4v) is 3.85. The lowest BCUT2D eigenvalue weighted by molar-refractivity contribution is 0.0516. The lowest BCUT2D eigenvalue weighted by atomic mass is 10.1. The molecule has 0 radical (unpaired) electrons. The molecule has 2 aromatic carbocycles. The van der Waals surface area contributed by atoms with Gasteiger partial charge in [0, 0.05) is 22.0 Å². The summed E-state index contributed by atoms with van der Waals surface area (Å²) in [6, 6.07) is 10.3. The van der Waals surface area contributed by atoms with Crippen molar-refractivity contribution in [3.8, 4) is 5.69 Å². The number of carbonyl (C=O) groups is 1. The van der Waals surface area contributed by atoms with Gasteiger partial charge in [0.1, 0.15) is 11.6 Å². The van der Waals surface area contributed by atoms with Crippen molar-refractivity contribution in [1.29, 1.82) is 0 Å². The number of hydrogen-bond donors (Lipinski definition) is 0. The van der Waals surface area contributed by atoms with Crippen molar-refractivity contribution in [3.05, 3.63) is 76.6 Å². The normalized spacial score (nSPS) is 10.9. The Kier molecular flexibility index (Phi) is 6.70. The molecule has 0 aliphatic heterocycles. The highest BCUT2D eigenvalue weighted by atomic mass is 35.5. The minimum Gasteiger partial charge on any atom is -0.461 e. The highest BCUT2D eigenvalue weighted by molar-refractivity contribution is 7.99. The van der Waals surface area contributed by atoms with Crippen LogP contribution in [0, 0.1) is 11.6 Å². The van der Waals surface area contributed by atoms with Gasteiger partial charge in [-0.15, -0.1) is 0 Å². The second-order valence-corrected chi connectivity index (χ2v) is 7.23. The molecule has 8 heteroatoms. The van der Waals surface area contributed by atoms with Gasteiger partial charge in [0.25, 0.3) is 0 Å². The number of imidazole rings is 1. The summed E-state index contributed by atoms with van der Waals surface area (Å²) in [5.41, 5.74) is 1.25. The number of esters is 1. The monoisotopic (exact) mass is 422 g/mol. The number of benzene rings is 2. The number of nitrogens with zero attached hydrogens (tertiary/aromatic N) is 2. The van der Waals surface area contributed by atoms with E-state index in [1.165, 1.54) is 36.2 Å². The van der Waals surface area contributed by atoms with E-state index >= 15 is 0 Å². The summed E-state index contributed by atoms with van der Waals surface area (Å²) in [7, 11) is 0. The minimum absolute atomic E-state index is 0.224. The molecular weight excluding hydrogens is 406 g/mol. The Morgan fingerprint density at radius 3 is 2.64 bits per heavy atom. The second-order valence-electron chi connectivity index (χ2n) is 5.76. The quantitative estimate of drug-likeness (QED) is 0.382. The number of aromatic nitrogens is 2. The SMILES string of the molecule is CCOC(=O)c1cnc(SCCc2c(F)cccc2Cl)n1-c1ccc(F)cc1. The molecule has 146 valence electrons. The third kappa shape index (κ3) is 4.54. The van der Waals surface area contributed by atoms with E-state index < -0.39 is 5.97 Å². The van der Waals surface area contributed by atoms with Crippen LogP contribution in [0.15, 0.2) is 53.8 Å². The number of hydrogen-bond acceptors (Lipinski definition) is 4. The van der Waals surface area contributed by atoms with Crippen molar-refractivity contribution in [2.45, 2.75) is 18.5 Å². The van der Waals surface area contributed by atoms with Crippen LogP contribution in [0.1, 0.15) is 23.0 Å². The van der Waals surface area contributed by atoms with Crippen LogP contribution >= 0.6 is 23.4 Å². The van der Waals surface area contributed by atoms with Gasteiger partial charge in [0.2, 0.25) is 0 Å². The highest BCUT2D eigenvalue weighted by Crippen LogP contribution is 2.27. The smallest absolute Gasteiger partial charge is 0.357 e. The molecule has 0 aliphatic rings. The molecule has 0 N–H and O–H groups in total. The maximum atomic E-state index is 13.9. The van der Waals surface area contributed by atoms with Gasteiger partial charge in [-0.25, -0.2) is 18.6 Å². The molecule has 3 rings (SSSR count). The van der Waals surface area contributed by atoms with Gasteiger partial charge < -0.3 is 4.74 Å². The molecule has 0 saturated carbocycles. The van der Waals surface area contributed by atoms with Crippen LogP contribution in [-0.4, -0.2) is 27.9 Å². The molecule has 1 heterocycles. The van der Waals surface area contributed by atoms with Crippen molar-refractivity contribution in [3.63, 3.8) is 0 Å². The first kappa shape index (κ1) is 20.4. The van der Waals surface area contributed by atoms with Crippen LogP contribution in [0.25, 0.3) is 5.69 Å². The third-order valence-electron chi connectivity index (χ3n) is 3.94. The molecule has 0 saturated heterocycles. The van der Waals surface area contributed by atoms with Crippen molar-refractivity contribution in [1.82, 2.24) is 9.55 Å².